The molecular formula is C18H23ClN4O3. The number of piperidine rings is 1. The Bertz CT molecular complexity index is 862. The highest BCUT2D eigenvalue weighted by atomic mass is 35.5. The lowest BCUT2D eigenvalue weighted by Gasteiger charge is -2.43. The number of likely N-dealkylation sites (N-methyl/N-ethyl adjacent to an activating group) is 1. The van der Waals surface area contributed by atoms with E-state index in [9.17, 15) is 9.59 Å². The fourth-order valence-electron chi connectivity index (χ4n) is 4.15. The standard InChI is InChI=1S/C18H22N4O3.ClH/c1-11-6-14(20-25-11)10-21(2)18(24)17-13-7-12(8-19-9-13)15-4-3-5-16(23)22(15)17;/h3-6,12-13,17,19H,7-10H2,1-2H3;1H/t12-,13+,17-;/m1./s1. The van der Waals surface area contributed by atoms with Crippen molar-refractivity contribution in [2.24, 2.45) is 5.92 Å². The Morgan fingerprint density at radius 3 is 2.96 bits per heavy atom. The van der Waals surface area contributed by atoms with Gasteiger partial charge in [0.15, 0.2) is 0 Å². The summed E-state index contributed by atoms with van der Waals surface area (Å²) in [6.07, 6.45) is 0.934. The van der Waals surface area contributed by atoms with Gasteiger partial charge < -0.3 is 14.7 Å². The lowest BCUT2D eigenvalue weighted by Crippen LogP contribution is -2.52. The summed E-state index contributed by atoms with van der Waals surface area (Å²) in [4.78, 5) is 27.4. The van der Waals surface area contributed by atoms with Crippen LogP contribution >= 0.6 is 12.4 Å². The molecule has 0 aromatic carbocycles. The number of rotatable bonds is 3. The molecule has 2 aliphatic rings. The van der Waals surface area contributed by atoms with E-state index in [0.29, 0.717) is 18.2 Å². The molecule has 4 rings (SSSR count). The van der Waals surface area contributed by atoms with Gasteiger partial charge in [-0.1, -0.05) is 11.2 Å². The number of amides is 1. The van der Waals surface area contributed by atoms with Crippen LogP contribution in [0.3, 0.4) is 0 Å². The van der Waals surface area contributed by atoms with E-state index >= 15 is 0 Å². The molecule has 1 fully saturated rings. The number of fused-ring (bicyclic) bond motifs is 4. The minimum Gasteiger partial charge on any atom is -0.361 e. The third-order valence-electron chi connectivity index (χ3n) is 5.25. The van der Waals surface area contributed by atoms with Gasteiger partial charge in [-0.25, -0.2) is 0 Å². The van der Waals surface area contributed by atoms with E-state index < -0.39 is 6.04 Å². The molecule has 0 aliphatic carbocycles. The predicted octanol–water partition coefficient (Wildman–Crippen LogP) is 1.47. The monoisotopic (exact) mass is 378 g/mol. The zero-order valence-electron chi connectivity index (χ0n) is 14.8. The van der Waals surface area contributed by atoms with Crippen molar-refractivity contribution in [3.63, 3.8) is 0 Å². The molecule has 140 valence electrons. The zero-order valence-corrected chi connectivity index (χ0v) is 15.7. The summed E-state index contributed by atoms with van der Waals surface area (Å²) in [6.45, 7) is 3.80. The first-order valence-electron chi connectivity index (χ1n) is 8.64. The summed E-state index contributed by atoms with van der Waals surface area (Å²) in [5, 5.41) is 7.37. The minimum absolute atomic E-state index is 0. The molecule has 8 heteroatoms. The second-order valence-electron chi connectivity index (χ2n) is 7.08. The number of carbonyl (C=O) groups excluding carboxylic acids is 1. The largest absolute Gasteiger partial charge is 0.361 e. The smallest absolute Gasteiger partial charge is 0.251 e. The number of carbonyl (C=O) groups is 1. The molecule has 1 amide bonds. The highest BCUT2D eigenvalue weighted by Crippen LogP contribution is 2.39. The molecular weight excluding hydrogens is 356 g/mol. The molecule has 3 atom stereocenters. The number of nitrogens with zero attached hydrogens (tertiary/aromatic N) is 3. The molecule has 1 saturated heterocycles. The second-order valence-corrected chi connectivity index (χ2v) is 7.08. The molecule has 2 aromatic rings. The molecule has 1 N–H and O–H groups in total. The van der Waals surface area contributed by atoms with Gasteiger partial charge in [-0.2, -0.15) is 0 Å². The van der Waals surface area contributed by atoms with Crippen LogP contribution in [-0.4, -0.2) is 40.7 Å². The summed E-state index contributed by atoms with van der Waals surface area (Å²) >= 11 is 0. The lowest BCUT2D eigenvalue weighted by molar-refractivity contribution is -0.136. The Kier molecular flexibility index (Phi) is 5.20. The molecule has 0 unspecified atom stereocenters. The number of aromatic nitrogens is 2. The maximum atomic E-state index is 13.2. The summed E-state index contributed by atoms with van der Waals surface area (Å²) in [5.41, 5.74) is 1.57. The Morgan fingerprint density at radius 2 is 2.23 bits per heavy atom. The zero-order chi connectivity index (χ0) is 17.6. The first kappa shape index (κ1) is 18.7. The molecule has 2 aromatic heterocycles. The minimum atomic E-state index is -0.467. The van der Waals surface area contributed by atoms with Crippen LogP contribution in [0, 0.1) is 12.8 Å². The van der Waals surface area contributed by atoms with Gasteiger partial charge in [0, 0.05) is 49.8 Å². The molecule has 2 aliphatic heterocycles. The van der Waals surface area contributed by atoms with Gasteiger partial charge in [-0.05, 0) is 19.4 Å². The topological polar surface area (TPSA) is 80.4 Å². The van der Waals surface area contributed by atoms with Gasteiger partial charge in [-0.15, -0.1) is 12.4 Å². The maximum absolute atomic E-state index is 13.2. The van der Waals surface area contributed by atoms with E-state index in [1.165, 1.54) is 0 Å². The van der Waals surface area contributed by atoms with Crippen molar-refractivity contribution in [1.29, 1.82) is 0 Å². The van der Waals surface area contributed by atoms with E-state index in [1.807, 2.05) is 19.1 Å². The average molecular weight is 379 g/mol. The van der Waals surface area contributed by atoms with Crippen LogP contribution < -0.4 is 10.9 Å². The molecule has 0 saturated carbocycles. The Labute approximate surface area is 157 Å². The molecule has 26 heavy (non-hydrogen) atoms. The molecule has 0 radical (unpaired) electrons. The maximum Gasteiger partial charge on any atom is 0.251 e. The quantitative estimate of drug-likeness (QED) is 0.874. The third-order valence-corrected chi connectivity index (χ3v) is 5.25. The van der Waals surface area contributed by atoms with Gasteiger partial charge in [0.2, 0.25) is 5.91 Å². The van der Waals surface area contributed by atoms with E-state index in [4.69, 9.17) is 4.52 Å². The highest BCUT2D eigenvalue weighted by molar-refractivity contribution is 5.85. The normalized spacial score (nSPS) is 23.7. The van der Waals surface area contributed by atoms with Gasteiger partial charge in [0.25, 0.3) is 5.56 Å². The van der Waals surface area contributed by atoms with Gasteiger partial charge in [-0.3, -0.25) is 14.2 Å². The van der Waals surface area contributed by atoms with Gasteiger partial charge >= 0.3 is 0 Å². The van der Waals surface area contributed by atoms with Crippen molar-refractivity contribution in [2.45, 2.75) is 31.8 Å². The first-order valence-corrected chi connectivity index (χ1v) is 8.64. The van der Waals surface area contributed by atoms with Gasteiger partial charge in [0.05, 0.1) is 6.54 Å². The van der Waals surface area contributed by atoms with Crippen LogP contribution in [0.5, 0.6) is 0 Å². The van der Waals surface area contributed by atoms with Gasteiger partial charge in [0.1, 0.15) is 17.5 Å². The summed E-state index contributed by atoms with van der Waals surface area (Å²) in [6, 6.07) is 6.65. The van der Waals surface area contributed by atoms with E-state index in [0.717, 1.165) is 31.0 Å². The Hall–Kier alpha value is -2.12. The first-order chi connectivity index (χ1) is 12.0. The molecule has 2 bridgehead atoms. The number of nitrogens with one attached hydrogen (secondary N) is 1. The second kappa shape index (κ2) is 7.25. The van der Waals surface area contributed by atoms with Crippen LogP contribution in [0.25, 0.3) is 0 Å². The van der Waals surface area contributed by atoms with Crippen LogP contribution in [-0.2, 0) is 11.3 Å². The van der Waals surface area contributed by atoms with Crippen LogP contribution in [0.1, 0.15) is 35.5 Å². The number of pyridine rings is 1. The van der Waals surface area contributed by atoms with Crippen molar-refractivity contribution in [3.8, 4) is 0 Å². The van der Waals surface area contributed by atoms with Crippen LogP contribution in [0.4, 0.5) is 0 Å². The summed E-state index contributed by atoms with van der Waals surface area (Å²) < 4.78 is 6.79. The van der Waals surface area contributed by atoms with Crippen molar-refractivity contribution in [2.75, 3.05) is 20.1 Å². The van der Waals surface area contributed by atoms with Crippen molar-refractivity contribution in [1.82, 2.24) is 19.9 Å². The lowest BCUT2D eigenvalue weighted by atomic mass is 9.79. The van der Waals surface area contributed by atoms with Crippen LogP contribution in [0.15, 0.2) is 33.6 Å². The Balaban J connectivity index is 0.00000196. The van der Waals surface area contributed by atoms with E-state index in [2.05, 4.69) is 10.5 Å². The SMILES string of the molecule is Cc1cc(CN(C)C(=O)[C@H]2[C@@H]3CNC[C@@H](C3)c3cccc(=O)n32)no1.Cl. The van der Waals surface area contributed by atoms with E-state index in [-0.39, 0.29) is 29.8 Å². The van der Waals surface area contributed by atoms with E-state index in [1.54, 1.807) is 28.6 Å². The third kappa shape index (κ3) is 3.17. The Morgan fingerprint density at radius 1 is 1.42 bits per heavy atom. The predicted molar refractivity (Wildman–Crippen MR) is 98.4 cm³/mol. The fraction of sp³-hybridized carbons (Fsp3) is 0.500. The molecule has 4 heterocycles. The number of aryl methyl sites for hydroxylation is 1. The average Bonchev–Trinajstić information content (AvgIpc) is 3.01. The molecule has 0 spiro atoms. The summed E-state index contributed by atoms with van der Waals surface area (Å²) in [7, 11) is 1.75. The summed E-state index contributed by atoms with van der Waals surface area (Å²) in [5.74, 6) is 1.08. The number of hydrogen-bond acceptors (Lipinski definition) is 5. The fourth-order valence-corrected chi connectivity index (χ4v) is 4.15. The molecule has 7 nitrogen and oxygen atoms in total. The van der Waals surface area contributed by atoms with Crippen LogP contribution in [0.2, 0.25) is 0 Å². The van der Waals surface area contributed by atoms with Crippen molar-refractivity contribution in [3.05, 3.63) is 51.8 Å². The van der Waals surface area contributed by atoms with Crippen molar-refractivity contribution < 1.29 is 9.32 Å². The number of hydrogen-bond donors (Lipinski definition) is 1. The van der Waals surface area contributed by atoms with Crippen molar-refractivity contribution >= 4 is 18.3 Å². The highest BCUT2D eigenvalue weighted by Gasteiger charge is 2.42. The number of halogens is 1.